The Bertz CT molecular complexity index is 701. The second-order valence-corrected chi connectivity index (χ2v) is 12.6. The summed E-state index contributed by atoms with van der Waals surface area (Å²) in [5, 5.41) is 44.6. The van der Waals surface area contributed by atoms with Crippen LogP contribution in [0.3, 0.4) is 0 Å². The minimum atomic E-state index is -1.30. The van der Waals surface area contributed by atoms with Gasteiger partial charge in [0.2, 0.25) is 0 Å². The third kappa shape index (κ3) is 3.55. The summed E-state index contributed by atoms with van der Waals surface area (Å²) in [6, 6.07) is 0. The number of hydrogen-bond acceptors (Lipinski definition) is 4. The van der Waals surface area contributed by atoms with E-state index in [1.807, 2.05) is 0 Å². The van der Waals surface area contributed by atoms with Crippen LogP contribution in [0, 0.1) is 40.4 Å². The maximum atomic E-state index is 11.6. The number of rotatable bonds is 4. The fraction of sp³-hybridized carbons (Fsp3) is 0.926. The molecule has 0 aromatic rings. The van der Waals surface area contributed by atoms with Gasteiger partial charge >= 0.3 is 0 Å². The molecule has 0 aromatic carbocycles. The quantitative estimate of drug-likeness (QED) is 0.493. The van der Waals surface area contributed by atoms with Crippen molar-refractivity contribution in [3.8, 4) is 0 Å². The lowest BCUT2D eigenvalue weighted by molar-refractivity contribution is -0.282. The molecule has 0 spiro atoms. The van der Waals surface area contributed by atoms with E-state index >= 15 is 0 Å². The number of allylic oxidation sites excluding steroid dienone is 2. The molecule has 11 atom stereocenters. The second-order valence-electron chi connectivity index (χ2n) is 12.6. The van der Waals surface area contributed by atoms with E-state index in [0.29, 0.717) is 37.0 Å². The SMILES string of the molecule is CC(C)=CCCC(C)C1CCC2C3CC(O)C4(O)CC(O)CCC4(C)C3C(O)CC12C. The minimum Gasteiger partial charge on any atom is -0.393 e. The predicted octanol–water partition coefficient (Wildman–Crippen LogP) is 4.45. The van der Waals surface area contributed by atoms with Gasteiger partial charge in [-0.1, -0.05) is 32.4 Å². The first-order valence-corrected chi connectivity index (χ1v) is 12.8. The molecule has 0 heterocycles. The fourth-order valence-corrected chi connectivity index (χ4v) is 9.19. The van der Waals surface area contributed by atoms with E-state index in [4.69, 9.17) is 0 Å². The standard InChI is InChI=1S/C27H46O4/c1-16(2)7-6-8-17(3)20-9-10-21-19-13-23(30)27(31)14-18(28)11-12-26(27,5)24(19)22(29)15-25(20,21)4/h7,17-24,28-31H,6,8-15H2,1-5H3. The number of aliphatic hydroxyl groups excluding tert-OH is 3. The van der Waals surface area contributed by atoms with Crippen LogP contribution < -0.4 is 0 Å². The largest absolute Gasteiger partial charge is 0.393 e. The van der Waals surface area contributed by atoms with Crippen molar-refractivity contribution in [2.45, 2.75) is 116 Å². The Morgan fingerprint density at radius 3 is 2.45 bits per heavy atom. The minimum absolute atomic E-state index is 0.00575. The lowest BCUT2D eigenvalue weighted by Gasteiger charge is -2.66. The zero-order chi connectivity index (χ0) is 22.8. The molecule has 0 bridgehead atoms. The van der Waals surface area contributed by atoms with Crippen molar-refractivity contribution in [1.82, 2.24) is 0 Å². The van der Waals surface area contributed by atoms with Gasteiger partial charge in [-0.25, -0.2) is 0 Å². The Morgan fingerprint density at radius 1 is 1.06 bits per heavy atom. The van der Waals surface area contributed by atoms with Gasteiger partial charge in [-0.05, 0) is 100 Å². The van der Waals surface area contributed by atoms with Gasteiger partial charge in [0.05, 0.1) is 23.9 Å². The maximum absolute atomic E-state index is 11.6. The summed E-state index contributed by atoms with van der Waals surface area (Å²) in [5.74, 6) is 1.99. The van der Waals surface area contributed by atoms with Gasteiger partial charge in [0, 0.05) is 11.8 Å². The molecule has 0 amide bonds. The Morgan fingerprint density at radius 2 is 1.77 bits per heavy atom. The van der Waals surface area contributed by atoms with Crippen LogP contribution in [-0.4, -0.2) is 44.3 Å². The first-order chi connectivity index (χ1) is 14.4. The topological polar surface area (TPSA) is 80.9 Å². The molecule has 4 rings (SSSR count). The molecule has 4 aliphatic carbocycles. The highest BCUT2D eigenvalue weighted by Gasteiger charge is 2.69. The highest BCUT2D eigenvalue weighted by atomic mass is 16.3. The van der Waals surface area contributed by atoms with Crippen molar-refractivity contribution in [1.29, 1.82) is 0 Å². The molecular weight excluding hydrogens is 388 g/mol. The van der Waals surface area contributed by atoms with Crippen LogP contribution >= 0.6 is 0 Å². The molecule has 0 aromatic heterocycles. The summed E-state index contributed by atoms with van der Waals surface area (Å²) in [6.07, 6.45) is 8.12. The van der Waals surface area contributed by atoms with Gasteiger partial charge in [-0.2, -0.15) is 0 Å². The van der Waals surface area contributed by atoms with Gasteiger partial charge in [0.1, 0.15) is 0 Å². The lowest BCUT2D eigenvalue weighted by atomic mass is 9.41. The van der Waals surface area contributed by atoms with Crippen LogP contribution in [0.2, 0.25) is 0 Å². The molecule has 178 valence electrons. The number of hydrogen-bond donors (Lipinski definition) is 4. The van der Waals surface area contributed by atoms with Gasteiger partial charge in [-0.3, -0.25) is 0 Å². The molecule has 0 aliphatic heterocycles. The molecule has 0 radical (unpaired) electrons. The summed E-state index contributed by atoms with van der Waals surface area (Å²) in [6.45, 7) is 11.2. The second kappa shape index (κ2) is 8.11. The highest BCUT2D eigenvalue weighted by molar-refractivity contribution is 5.19. The van der Waals surface area contributed by atoms with Crippen molar-refractivity contribution >= 4 is 0 Å². The Balaban J connectivity index is 1.60. The van der Waals surface area contributed by atoms with E-state index in [1.54, 1.807) is 0 Å². The third-order valence-electron chi connectivity index (χ3n) is 10.7. The first-order valence-electron chi connectivity index (χ1n) is 12.8. The zero-order valence-electron chi connectivity index (χ0n) is 20.3. The summed E-state index contributed by atoms with van der Waals surface area (Å²) in [7, 11) is 0. The predicted molar refractivity (Wildman–Crippen MR) is 123 cm³/mol. The van der Waals surface area contributed by atoms with Crippen LogP contribution in [-0.2, 0) is 0 Å². The van der Waals surface area contributed by atoms with Crippen molar-refractivity contribution in [3.63, 3.8) is 0 Å². The summed E-state index contributed by atoms with van der Waals surface area (Å²) < 4.78 is 0. The Kier molecular flexibility index (Phi) is 6.21. The molecule has 4 fully saturated rings. The highest BCUT2D eigenvalue weighted by Crippen LogP contribution is 2.69. The van der Waals surface area contributed by atoms with Gasteiger partial charge in [0.25, 0.3) is 0 Å². The smallest absolute Gasteiger partial charge is 0.0986 e. The van der Waals surface area contributed by atoms with Gasteiger partial charge < -0.3 is 20.4 Å². The molecule has 0 saturated heterocycles. The summed E-state index contributed by atoms with van der Waals surface area (Å²) in [4.78, 5) is 0. The molecule has 11 unspecified atom stereocenters. The van der Waals surface area contributed by atoms with Gasteiger partial charge in [0.15, 0.2) is 0 Å². The first kappa shape index (κ1) is 23.7. The normalized spacial score (nSPS) is 52.6. The zero-order valence-corrected chi connectivity index (χ0v) is 20.3. The van der Waals surface area contributed by atoms with Crippen LogP contribution in [0.5, 0.6) is 0 Å². The molecular formula is C27H46O4. The monoisotopic (exact) mass is 434 g/mol. The van der Waals surface area contributed by atoms with E-state index in [2.05, 4.69) is 40.7 Å². The van der Waals surface area contributed by atoms with Crippen molar-refractivity contribution in [2.75, 3.05) is 0 Å². The molecule has 4 saturated carbocycles. The molecule has 4 nitrogen and oxygen atoms in total. The van der Waals surface area contributed by atoms with E-state index in [1.165, 1.54) is 24.8 Å². The van der Waals surface area contributed by atoms with Gasteiger partial charge in [-0.15, -0.1) is 0 Å². The van der Waals surface area contributed by atoms with Crippen molar-refractivity contribution < 1.29 is 20.4 Å². The Hall–Kier alpha value is -0.420. The van der Waals surface area contributed by atoms with E-state index in [9.17, 15) is 20.4 Å². The third-order valence-corrected chi connectivity index (χ3v) is 10.7. The average molecular weight is 435 g/mol. The van der Waals surface area contributed by atoms with E-state index < -0.39 is 29.3 Å². The van der Waals surface area contributed by atoms with Crippen molar-refractivity contribution in [3.05, 3.63) is 11.6 Å². The Labute approximate surface area is 189 Å². The molecule has 4 heteroatoms. The molecule has 4 aliphatic rings. The fourth-order valence-electron chi connectivity index (χ4n) is 9.19. The summed E-state index contributed by atoms with van der Waals surface area (Å²) >= 11 is 0. The summed E-state index contributed by atoms with van der Waals surface area (Å²) in [5.41, 5.74) is -0.350. The average Bonchev–Trinajstić information content (AvgIpc) is 3.00. The maximum Gasteiger partial charge on any atom is 0.0986 e. The van der Waals surface area contributed by atoms with Crippen LogP contribution in [0.25, 0.3) is 0 Å². The van der Waals surface area contributed by atoms with Crippen LogP contribution in [0.1, 0.15) is 92.4 Å². The van der Waals surface area contributed by atoms with E-state index in [0.717, 1.165) is 12.8 Å². The number of fused-ring (bicyclic) bond motifs is 5. The van der Waals surface area contributed by atoms with Crippen molar-refractivity contribution in [2.24, 2.45) is 40.4 Å². The van der Waals surface area contributed by atoms with E-state index in [-0.39, 0.29) is 23.7 Å². The number of aliphatic hydroxyl groups is 4. The lowest BCUT2D eigenvalue weighted by Crippen LogP contribution is -2.71. The van der Waals surface area contributed by atoms with Crippen LogP contribution in [0.4, 0.5) is 0 Å². The molecule has 31 heavy (non-hydrogen) atoms. The van der Waals surface area contributed by atoms with Crippen LogP contribution in [0.15, 0.2) is 11.6 Å². The molecule has 4 N–H and O–H groups in total.